The van der Waals surface area contributed by atoms with Gasteiger partial charge in [0.2, 0.25) is 0 Å². The normalized spacial score (nSPS) is 45.9. The third-order valence-corrected chi connectivity index (χ3v) is 3.34. The van der Waals surface area contributed by atoms with Crippen LogP contribution in [0.15, 0.2) is 24.0 Å². The van der Waals surface area contributed by atoms with Crippen LogP contribution in [0.3, 0.4) is 0 Å². The minimum absolute atomic E-state index is 0.0668. The summed E-state index contributed by atoms with van der Waals surface area (Å²) in [5, 5.41) is 0. The van der Waals surface area contributed by atoms with Crippen molar-refractivity contribution in [1.29, 1.82) is 0 Å². The maximum Gasteiger partial charge on any atom is 0.150 e. The van der Waals surface area contributed by atoms with Gasteiger partial charge in [0.05, 0.1) is 5.41 Å². The van der Waals surface area contributed by atoms with Gasteiger partial charge in [-0.2, -0.15) is 0 Å². The van der Waals surface area contributed by atoms with Crippen molar-refractivity contribution in [2.24, 2.45) is 11.3 Å². The molecule has 1 aliphatic heterocycles. The summed E-state index contributed by atoms with van der Waals surface area (Å²) in [5.41, 5.74) is -0.207. The van der Waals surface area contributed by atoms with Gasteiger partial charge in [0.25, 0.3) is 0 Å². The molecule has 0 aromatic heterocycles. The van der Waals surface area contributed by atoms with Crippen LogP contribution in [0, 0.1) is 11.3 Å². The van der Waals surface area contributed by atoms with E-state index in [1.54, 1.807) is 0 Å². The van der Waals surface area contributed by atoms with Gasteiger partial charge in [-0.3, -0.25) is 4.79 Å². The number of rotatable bonds is 0. The number of hydrogen-bond acceptors (Lipinski definition) is 2. The van der Waals surface area contributed by atoms with Crippen molar-refractivity contribution in [3.05, 3.63) is 24.0 Å². The predicted molar refractivity (Wildman–Crippen MR) is 47.9 cm³/mol. The summed E-state index contributed by atoms with van der Waals surface area (Å²) in [6, 6.07) is 0. The van der Waals surface area contributed by atoms with Gasteiger partial charge in [0, 0.05) is 6.42 Å². The molecule has 2 fully saturated rings. The molecule has 3 unspecified atom stereocenters. The summed E-state index contributed by atoms with van der Waals surface area (Å²) in [5.74, 6) is 1.74. The lowest BCUT2D eigenvalue weighted by molar-refractivity contribution is -0.131. The van der Waals surface area contributed by atoms with Gasteiger partial charge in [0.15, 0.2) is 5.78 Å². The molecule has 0 N–H and O–H groups in total. The van der Waals surface area contributed by atoms with Gasteiger partial charge >= 0.3 is 0 Å². The number of Topliss-reactive ketones (excluding diaryl/α,β-unsaturated/α-hetero) is 1. The number of carbonyl (C=O) groups excluding carboxylic acids is 1. The van der Waals surface area contributed by atoms with E-state index in [1.807, 2.05) is 19.1 Å². The first kappa shape index (κ1) is 7.36. The molecular formula is C11H12O2. The molecule has 68 valence electrons. The van der Waals surface area contributed by atoms with Crippen molar-refractivity contribution in [1.82, 2.24) is 0 Å². The fourth-order valence-corrected chi connectivity index (χ4v) is 2.53. The molecule has 0 bridgehead atoms. The van der Waals surface area contributed by atoms with Gasteiger partial charge in [-0.1, -0.05) is 12.2 Å². The standard InChI is InChI=1S/C11H12O2/c1-7-5-9(12)11-6-8(11)3-2-4-10(11)13-7/h2-4,7-8H,5-6H2,1H3. The van der Waals surface area contributed by atoms with E-state index in [9.17, 15) is 4.79 Å². The third-order valence-electron chi connectivity index (χ3n) is 3.34. The lowest BCUT2D eigenvalue weighted by atomic mass is 9.86. The molecule has 2 heteroatoms. The number of hydrogen-bond donors (Lipinski definition) is 0. The largest absolute Gasteiger partial charge is 0.494 e. The molecule has 3 aliphatic rings. The molecule has 0 aromatic rings. The first-order valence-corrected chi connectivity index (χ1v) is 4.82. The minimum atomic E-state index is -0.207. The molecule has 1 saturated carbocycles. The Bertz CT molecular complexity index is 340. The van der Waals surface area contributed by atoms with E-state index >= 15 is 0 Å². The number of allylic oxidation sites excluding steroid dienone is 4. The molecule has 2 aliphatic carbocycles. The molecule has 1 spiro atoms. The Hall–Kier alpha value is -1.05. The molecule has 2 nitrogen and oxygen atoms in total. The molecule has 3 atom stereocenters. The zero-order valence-electron chi connectivity index (χ0n) is 7.62. The Morgan fingerprint density at radius 3 is 3.31 bits per heavy atom. The molecule has 0 aromatic carbocycles. The summed E-state index contributed by atoms with van der Waals surface area (Å²) in [6.45, 7) is 1.96. The van der Waals surface area contributed by atoms with Crippen LogP contribution < -0.4 is 0 Å². The Labute approximate surface area is 77.3 Å². The molecular weight excluding hydrogens is 164 g/mol. The smallest absolute Gasteiger partial charge is 0.150 e. The van der Waals surface area contributed by atoms with Crippen molar-refractivity contribution in [3.63, 3.8) is 0 Å². The van der Waals surface area contributed by atoms with E-state index in [1.165, 1.54) is 0 Å². The Morgan fingerprint density at radius 1 is 1.62 bits per heavy atom. The maximum atomic E-state index is 11.8. The van der Waals surface area contributed by atoms with Crippen LogP contribution in [0.5, 0.6) is 0 Å². The van der Waals surface area contributed by atoms with E-state index in [2.05, 4.69) is 6.08 Å². The SMILES string of the molecule is CC1CC(=O)C23CC2C=CC=C3O1. The van der Waals surface area contributed by atoms with Crippen LogP contribution in [-0.4, -0.2) is 11.9 Å². The lowest BCUT2D eigenvalue weighted by Gasteiger charge is -2.31. The van der Waals surface area contributed by atoms with Crippen LogP contribution in [0.1, 0.15) is 19.8 Å². The summed E-state index contributed by atoms with van der Waals surface area (Å²) >= 11 is 0. The fraction of sp³-hybridized carbons (Fsp3) is 0.545. The average Bonchev–Trinajstić information content (AvgIpc) is 2.78. The number of ether oxygens (including phenoxy) is 1. The van der Waals surface area contributed by atoms with Gasteiger partial charge in [-0.25, -0.2) is 0 Å². The van der Waals surface area contributed by atoms with Crippen molar-refractivity contribution in [2.45, 2.75) is 25.9 Å². The lowest BCUT2D eigenvalue weighted by Crippen LogP contribution is -2.34. The Balaban J connectivity index is 2.05. The minimum Gasteiger partial charge on any atom is -0.494 e. The predicted octanol–water partition coefficient (Wildman–Crippen LogP) is 1.82. The van der Waals surface area contributed by atoms with Gasteiger partial charge in [0.1, 0.15) is 11.9 Å². The van der Waals surface area contributed by atoms with E-state index in [4.69, 9.17) is 4.74 Å². The van der Waals surface area contributed by atoms with E-state index in [0.29, 0.717) is 18.1 Å². The van der Waals surface area contributed by atoms with Crippen LogP contribution in [0.25, 0.3) is 0 Å². The van der Waals surface area contributed by atoms with Crippen molar-refractivity contribution in [2.75, 3.05) is 0 Å². The van der Waals surface area contributed by atoms with E-state index in [0.717, 1.165) is 12.2 Å². The van der Waals surface area contributed by atoms with Gasteiger partial charge < -0.3 is 4.74 Å². The van der Waals surface area contributed by atoms with Crippen molar-refractivity contribution in [3.8, 4) is 0 Å². The third kappa shape index (κ3) is 0.761. The van der Waals surface area contributed by atoms with Crippen LogP contribution in [-0.2, 0) is 9.53 Å². The zero-order chi connectivity index (χ0) is 9.05. The molecule has 0 amide bonds. The second kappa shape index (κ2) is 2.06. The second-order valence-corrected chi connectivity index (χ2v) is 4.25. The number of carbonyl (C=O) groups is 1. The summed E-state index contributed by atoms with van der Waals surface area (Å²) in [4.78, 5) is 11.8. The fourth-order valence-electron chi connectivity index (χ4n) is 2.53. The maximum absolute atomic E-state index is 11.8. The highest BCUT2D eigenvalue weighted by molar-refractivity contribution is 5.93. The number of ketones is 1. The van der Waals surface area contributed by atoms with Crippen molar-refractivity contribution >= 4 is 5.78 Å². The molecule has 1 saturated heterocycles. The van der Waals surface area contributed by atoms with Gasteiger partial charge in [-0.15, -0.1) is 0 Å². The first-order chi connectivity index (χ1) is 6.23. The zero-order valence-corrected chi connectivity index (χ0v) is 7.62. The highest BCUT2D eigenvalue weighted by Gasteiger charge is 2.64. The summed E-state index contributed by atoms with van der Waals surface area (Å²) in [7, 11) is 0. The van der Waals surface area contributed by atoms with Crippen LogP contribution in [0.2, 0.25) is 0 Å². The Morgan fingerprint density at radius 2 is 2.46 bits per heavy atom. The molecule has 13 heavy (non-hydrogen) atoms. The summed E-state index contributed by atoms with van der Waals surface area (Å²) in [6.07, 6.45) is 7.72. The quantitative estimate of drug-likeness (QED) is 0.562. The topological polar surface area (TPSA) is 26.3 Å². The highest BCUT2D eigenvalue weighted by Crippen LogP contribution is 2.63. The molecule has 3 rings (SSSR count). The summed E-state index contributed by atoms with van der Waals surface area (Å²) < 4.78 is 5.69. The van der Waals surface area contributed by atoms with Crippen LogP contribution >= 0.6 is 0 Å². The first-order valence-electron chi connectivity index (χ1n) is 4.82. The molecule has 1 heterocycles. The van der Waals surface area contributed by atoms with Crippen LogP contribution in [0.4, 0.5) is 0 Å². The van der Waals surface area contributed by atoms with Crippen molar-refractivity contribution < 1.29 is 9.53 Å². The average molecular weight is 176 g/mol. The second-order valence-electron chi connectivity index (χ2n) is 4.25. The van der Waals surface area contributed by atoms with E-state index in [-0.39, 0.29) is 11.5 Å². The molecule has 0 radical (unpaired) electrons. The van der Waals surface area contributed by atoms with Gasteiger partial charge in [-0.05, 0) is 25.3 Å². The Kier molecular flexibility index (Phi) is 1.17. The van der Waals surface area contributed by atoms with E-state index < -0.39 is 0 Å². The monoisotopic (exact) mass is 176 g/mol. The highest BCUT2D eigenvalue weighted by atomic mass is 16.5.